The van der Waals surface area contributed by atoms with E-state index in [9.17, 15) is 22.0 Å². The molecule has 1 heterocycles. The number of thioether (sulfide) groups is 1. The quantitative estimate of drug-likeness (QED) is 0.687. The Bertz CT molecular complexity index is 982. The molecule has 1 aliphatic heterocycles. The van der Waals surface area contributed by atoms with E-state index in [0.717, 1.165) is 36.7 Å². The fourth-order valence-corrected chi connectivity index (χ4v) is 5.47. The number of carbonyl (C=O) groups is 1. The van der Waals surface area contributed by atoms with Gasteiger partial charge in [0.15, 0.2) is 0 Å². The molecule has 3 rings (SSSR count). The Kier molecular flexibility index (Phi) is 6.92. The summed E-state index contributed by atoms with van der Waals surface area (Å²) < 4.78 is 53.5. The van der Waals surface area contributed by atoms with Gasteiger partial charge in [0.25, 0.3) is 0 Å². The number of amides is 1. The number of hydrogen-bond donors (Lipinski definition) is 1. The molecule has 2 aromatic rings. The highest BCUT2D eigenvalue weighted by molar-refractivity contribution is 8.00. The maximum Gasteiger partial charge on any atom is 0.243 e. The minimum atomic E-state index is -3.55. The molecule has 0 bridgehead atoms. The van der Waals surface area contributed by atoms with Crippen molar-refractivity contribution < 1.29 is 22.0 Å². The lowest BCUT2D eigenvalue weighted by Crippen LogP contribution is -2.39. The molecule has 0 aromatic heterocycles. The van der Waals surface area contributed by atoms with Gasteiger partial charge in [0.2, 0.25) is 15.9 Å². The molecular formula is C20H22F2N2O3S2. The number of nitrogens with zero attached hydrogens (tertiary/aromatic N) is 1. The van der Waals surface area contributed by atoms with Crippen LogP contribution in [0.3, 0.4) is 0 Å². The first-order chi connectivity index (χ1) is 13.8. The second-order valence-electron chi connectivity index (χ2n) is 7.05. The number of rotatable bonds is 6. The Labute approximate surface area is 173 Å². The average Bonchev–Trinajstić information content (AvgIpc) is 2.68. The SMILES string of the molecule is CC1CCCN(S(=O)(=O)c2ccc(NC(=O)CSc3ccc(F)cc3F)cc2)C1. The highest BCUT2D eigenvalue weighted by Crippen LogP contribution is 2.25. The van der Waals surface area contributed by atoms with Crippen LogP contribution in [-0.2, 0) is 14.8 Å². The van der Waals surface area contributed by atoms with Gasteiger partial charge in [-0.05, 0) is 55.2 Å². The molecule has 29 heavy (non-hydrogen) atoms. The molecule has 0 aliphatic carbocycles. The molecule has 1 N–H and O–H groups in total. The number of piperidine rings is 1. The zero-order valence-corrected chi connectivity index (χ0v) is 17.5. The summed E-state index contributed by atoms with van der Waals surface area (Å²) in [5.74, 6) is -1.50. The van der Waals surface area contributed by atoms with E-state index in [0.29, 0.717) is 24.7 Å². The molecule has 0 radical (unpaired) electrons. The summed E-state index contributed by atoms with van der Waals surface area (Å²) in [5, 5.41) is 2.64. The summed E-state index contributed by atoms with van der Waals surface area (Å²) >= 11 is 0.953. The van der Waals surface area contributed by atoms with Gasteiger partial charge < -0.3 is 5.32 Å². The van der Waals surface area contributed by atoms with Gasteiger partial charge >= 0.3 is 0 Å². The number of benzene rings is 2. The monoisotopic (exact) mass is 440 g/mol. The van der Waals surface area contributed by atoms with Crippen LogP contribution in [0, 0.1) is 17.6 Å². The minimum absolute atomic E-state index is 0.0612. The molecule has 5 nitrogen and oxygen atoms in total. The highest BCUT2D eigenvalue weighted by atomic mass is 32.2. The highest BCUT2D eigenvalue weighted by Gasteiger charge is 2.28. The van der Waals surface area contributed by atoms with Crippen molar-refractivity contribution in [1.29, 1.82) is 0 Å². The van der Waals surface area contributed by atoms with E-state index in [1.54, 1.807) is 0 Å². The first-order valence-electron chi connectivity index (χ1n) is 9.23. The fourth-order valence-electron chi connectivity index (χ4n) is 3.16. The van der Waals surface area contributed by atoms with Gasteiger partial charge in [-0.25, -0.2) is 17.2 Å². The van der Waals surface area contributed by atoms with Crippen LogP contribution in [0.5, 0.6) is 0 Å². The summed E-state index contributed by atoms with van der Waals surface area (Å²) in [6.45, 7) is 3.07. The van der Waals surface area contributed by atoms with Crippen molar-refractivity contribution in [3.63, 3.8) is 0 Å². The van der Waals surface area contributed by atoms with Crippen molar-refractivity contribution in [1.82, 2.24) is 4.31 Å². The molecule has 9 heteroatoms. The molecule has 1 saturated heterocycles. The molecule has 1 atom stereocenters. The van der Waals surface area contributed by atoms with Crippen LogP contribution in [0.4, 0.5) is 14.5 Å². The van der Waals surface area contributed by atoms with Gasteiger partial charge in [0.1, 0.15) is 11.6 Å². The van der Waals surface area contributed by atoms with E-state index in [1.165, 1.54) is 34.6 Å². The van der Waals surface area contributed by atoms with Gasteiger partial charge in [-0.2, -0.15) is 4.31 Å². The predicted octanol–water partition coefficient (Wildman–Crippen LogP) is 4.12. The van der Waals surface area contributed by atoms with Gasteiger partial charge in [0, 0.05) is 29.7 Å². The van der Waals surface area contributed by atoms with Crippen molar-refractivity contribution in [3.8, 4) is 0 Å². The summed E-state index contributed by atoms with van der Waals surface area (Å²) in [6.07, 6.45) is 1.87. The second kappa shape index (κ2) is 9.23. The van der Waals surface area contributed by atoms with Crippen LogP contribution < -0.4 is 5.32 Å². The summed E-state index contributed by atoms with van der Waals surface area (Å²) in [5.41, 5.74) is 0.446. The van der Waals surface area contributed by atoms with Crippen LogP contribution in [0.2, 0.25) is 0 Å². The Morgan fingerprint density at radius 1 is 1.21 bits per heavy atom. The van der Waals surface area contributed by atoms with Gasteiger partial charge in [0.05, 0.1) is 10.6 Å². The Morgan fingerprint density at radius 2 is 1.93 bits per heavy atom. The first kappa shape index (κ1) is 21.7. The van der Waals surface area contributed by atoms with Crippen molar-refractivity contribution in [2.75, 3.05) is 24.2 Å². The lowest BCUT2D eigenvalue weighted by atomic mass is 10.0. The molecular weight excluding hydrogens is 418 g/mol. The van der Waals surface area contributed by atoms with Gasteiger partial charge in [-0.1, -0.05) is 6.92 Å². The lowest BCUT2D eigenvalue weighted by Gasteiger charge is -2.30. The fraction of sp³-hybridized carbons (Fsp3) is 0.350. The van der Waals surface area contributed by atoms with Crippen molar-refractivity contribution in [2.45, 2.75) is 29.6 Å². The van der Waals surface area contributed by atoms with Gasteiger partial charge in [-0.3, -0.25) is 4.79 Å². The third-order valence-electron chi connectivity index (χ3n) is 4.65. The lowest BCUT2D eigenvalue weighted by molar-refractivity contribution is -0.113. The average molecular weight is 441 g/mol. The Morgan fingerprint density at radius 3 is 2.59 bits per heavy atom. The Hall–Kier alpha value is -1.97. The van der Waals surface area contributed by atoms with Crippen molar-refractivity contribution in [2.24, 2.45) is 5.92 Å². The summed E-state index contributed by atoms with van der Waals surface area (Å²) in [4.78, 5) is 12.4. The number of sulfonamides is 1. The topological polar surface area (TPSA) is 66.5 Å². The van der Waals surface area contributed by atoms with E-state index in [1.807, 2.05) is 6.92 Å². The summed E-state index contributed by atoms with van der Waals surface area (Å²) in [7, 11) is -3.55. The zero-order chi connectivity index (χ0) is 21.0. The zero-order valence-electron chi connectivity index (χ0n) is 15.9. The number of anilines is 1. The van der Waals surface area contributed by atoms with Gasteiger partial charge in [-0.15, -0.1) is 11.8 Å². The van der Waals surface area contributed by atoms with Crippen LogP contribution in [0.1, 0.15) is 19.8 Å². The van der Waals surface area contributed by atoms with Crippen LogP contribution in [0.15, 0.2) is 52.3 Å². The normalized spacial score (nSPS) is 17.8. The molecule has 1 unspecified atom stereocenters. The van der Waals surface area contributed by atoms with E-state index in [2.05, 4.69) is 5.32 Å². The van der Waals surface area contributed by atoms with Crippen LogP contribution in [-0.4, -0.2) is 37.5 Å². The molecule has 0 spiro atoms. The van der Waals surface area contributed by atoms with E-state index < -0.39 is 21.7 Å². The largest absolute Gasteiger partial charge is 0.325 e. The van der Waals surface area contributed by atoms with E-state index in [-0.39, 0.29) is 21.5 Å². The maximum absolute atomic E-state index is 13.6. The molecule has 0 saturated carbocycles. The predicted molar refractivity (Wildman–Crippen MR) is 109 cm³/mol. The van der Waals surface area contributed by atoms with E-state index in [4.69, 9.17) is 0 Å². The number of hydrogen-bond acceptors (Lipinski definition) is 4. The Balaban J connectivity index is 1.59. The van der Waals surface area contributed by atoms with Crippen LogP contribution >= 0.6 is 11.8 Å². The number of nitrogens with one attached hydrogen (secondary N) is 1. The standard InChI is InChI=1S/C20H22F2N2O3S2/c1-14-3-2-10-24(12-14)29(26,27)17-7-5-16(6-8-17)23-20(25)13-28-19-9-4-15(21)11-18(19)22/h4-9,11,14H,2-3,10,12-13H2,1H3,(H,23,25). The van der Waals surface area contributed by atoms with Crippen molar-refractivity contribution in [3.05, 3.63) is 54.1 Å². The molecule has 1 aliphatic rings. The summed E-state index contributed by atoms with van der Waals surface area (Å²) in [6, 6.07) is 9.17. The third-order valence-corrected chi connectivity index (χ3v) is 7.58. The molecule has 156 valence electrons. The molecule has 1 amide bonds. The third kappa shape index (κ3) is 5.55. The second-order valence-corrected chi connectivity index (χ2v) is 10.0. The number of halogens is 2. The smallest absolute Gasteiger partial charge is 0.243 e. The minimum Gasteiger partial charge on any atom is -0.325 e. The first-order valence-corrected chi connectivity index (χ1v) is 11.7. The molecule has 1 fully saturated rings. The van der Waals surface area contributed by atoms with E-state index >= 15 is 0 Å². The maximum atomic E-state index is 13.6. The van der Waals surface area contributed by atoms with Crippen molar-refractivity contribution >= 4 is 33.4 Å². The number of carbonyl (C=O) groups excluding carboxylic acids is 1. The molecule has 2 aromatic carbocycles. The van der Waals surface area contributed by atoms with Crippen LogP contribution in [0.25, 0.3) is 0 Å².